The SMILES string of the molecule is CC1(C)CC(NC(=O)c2ccc(S(=O)(=O)N(CCCl)CCCl)cc2)CC(C)(C)N1. The molecule has 0 bridgehead atoms. The summed E-state index contributed by atoms with van der Waals surface area (Å²) < 4.78 is 26.8. The van der Waals surface area contributed by atoms with Crippen molar-refractivity contribution in [2.45, 2.75) is 62.6 Å². The van der Waals surface area contributed by atoms with Gasteiger partial charge in [-0.05, 0) is 64.8 Å². The first-order valence-electron chi connectivity index (χ1n) is 9.72. The molecule has 0 aromatic heterocycles. The Bertz CT molecular complexity index is 789. The molecule has 6 nitrogen and oxygen atoms in total. The monoisotopic (exact) mass is 463 g/mol. The number of amides is 1. The Morgan fingerprint density at radius 3 is 2.00 bits per heavy atom. The normalized spacial score (nSPS) is 19.3. The van der Waals surface area contributed by atoms with E-state index in [4.69, 9.17) is 23.2 Å². The van der Waals surface area contributed by atoms with E-state index in [1.54, 1.807) is 12.1 Å². The number of piperidine rings is 1. The number of sulfonamides is 1. The highest BCUT2D eigenvalue weighted by Crippen LogP contribution is 2.28. The maximum absolute atomic E-state index is 12.8. The summed E-state index contributed by atoms with van der Waals surface area (Å²) in [5.74, 6) is 0.157. The molecule has 1 heterocycles. The van der Waals surface area contributed by atoms with Crippen LogP contribution in [0.2, 0.25) is 0 Å². The minimum Gasteiger partial charge on any atom is -0.349 e. The molecule has 0 radical (unpaired) electrons. The fourth-order valence-electron chi connectivity index (χ4n) is 4.16. The van der Waals surface area contributed by atoms with E-state index in [2.05, 4.69) is 38.3 Å². The summed E-state index contributed by atoms with van der Waals surface area (Å²) in [5, 5.41) is 6.68. The molecule has 1 aliphatic rings. The lowest BCUT2D eigenvalue weighted by Crippen LogP contribution is -2.62. The molecule has 1 aromatic rings. The molecule has 1 saturated heterocycles. The molecule has 2 rings (SSSR count). The van der Waals surface area contributed by atoms with Crippen LogP contribution in [0.3, 0.4) is 0 Å². The fraction of sp³-hybridized carbons (Fsp3) is 0.650. The summed E-state index contributed by atoms with van der Waals surface area (Å²) in [4.78, 5) is 12.8. The Kier molecular flexibility index (Phi) is 8.01. The molecular weight excluding hydrogens is 433 g/mol. The third kappa shape index (κ3) is 6.56. The second kappa shape index (κ2) is 9.52. The van der Waals surface area contributed by atoms with Crippen LogP contribution in [0, 0.1) is 0 Å². The average molecular weight is 464 g/mol. The van der Waals surface area contributed by atoms with Crippen LogP contribution in [0.1, 0.15) is 50.9 Å². The first kappa shape index (κ1) is 24.4. The van der Waals surface area contributed by atoms with Crippen LogP contribution >= 0.6 is 23.2 Å². The molecular formula is C20H31Cl2N3O3S. The summed E-state index contributed by atoms with van der Waals surface area (Å²) in [6.07, 6.45) is 1.64. The quantitative estimate of drug-likeness (QED) is 0.580. The first-order chi connectivity index (χ1) is 13.4. The molecule has 0 aliphatic carbocycles. The van der Waals surface area contributed by atoms with Crippen molar-refractivity contribution in [2.75, 3.05) is 24.8 Å². The zero-order valence-corrected chi connectivity index (χ0v) is 19.8. The van der Waals surface area contributed by atoms with Gasteiger partial charge in [-0.25, -0.2) is 8.42 Å². The van der Waals surface area contributed by atoms with E-state index in [1.165, 1.54) is 16.4 Å². The van der Waals surface area contributed by atoms with Crippen molar-refractivity contribution in [1.82, 2.24) is 14.9 Å². The minimum atomic E-state index is -3.70. The maximum Gasteiger partial charge on any atom is 0.251 e. The molecule has 1 amide bonds. The number of carbonyl (C=O) groups is 1. The number of halogens is 2. The van der Waals surface area contributed by atoms with E-state index < -0.39 is 10.0 Å². The highest BCUT2D eigenvalue weighted by Gasteiger charge is 2.38. The molecule has 164 valence electrons. The van der Waals surface area contributed by atoms with Crippen LogP contribution in [-0.2, 0) is 10.0 Å². The van der Waals surface area contributed by atoms with E-state index in [1.807, 2.05) is 0 Å². The standard InChI is InChI=1S/C20H31Cl2N3O3S/c1-19(2)13-16(14-20(3,4)24-19)23-18(26)15-5-7-17(8-6-15)29(27,28)25(11-9-21)12-10-22/h5-8,16,24H,9-14H2,1-4H3,(H,23,26). The van der Waals surface area contributed by atoms with E-state index >= 15 is 0 Å². The van der Waals surface area contributed by atoms with E-state index in [0.29, 0.717) is 5.56 Å². The van der Waals surface area contributed by atoms with Crippen molar-refractivity contribution >= 4 is 39.1 Å². The topological polar surface area (TPSA) is 78.5 Å². The van der Waals surface area contributed by atoms with Gasteiger partial charge in [0.2, 0.25) is 10.0 Å². The van der Waals surface area contributed by atoms with Gasteiger partial charge in [0.1, 0.15) is 0 Å². The van der Waals surface area contributed by atoms with Crippen LogP contribution in [0.15, 0.2) is 29.2 Å². The van der Waals surface area contributed by atoms with Gasteiger partial charge in [-0.15, -0.1) is 23.2 Å². The van der Waals surface area contributed by atoms with E-state index in [-0.39, 0.29) is 52.8 Å². The van der Waals surface area contributed by atoms with Gasteiger partial charge in [0, 0.05) is 47.5 Å². The van der Waals surface area contributed by atoms with Crippen LogP contribution in [-0.4, -0.2) is 60.6 Å². The van der Waals surface area contributed by atoms with Gasteiger partial charge in [0.25, 0.3) is 5.91 Å². The van der Waals surface area contributed by atoms with Gasteiger partial charge in [-0.1, -0.05) is 0 Å². The van der Waals surface area contributed by atoms with Crippen molar-refractivity contribution in [2.24, 2.45) is 0 Å². The molecule has 0 atom stereocenters. The number of benzene rings is 1. The number of rotatable bonds is 8. The second-order valence-corrected chi connectivity index (χ2v) is 11.5. The summed E-state index contributed by atoms with van der Waals surface area (Å²) >= 11 is 11.4. The largest absolute Gasteiger partial charge is 0.349 e. The Hall–Kier alpha value is -0.860. The number of hydrogen-bond acceptors (Lipinski definition) is 4. The van der Waals surface area contributed by atoms with Crippen molar-refractivity contribution in [3.05, 3.63) is 29.8 Å². The molecule has 0 saturated carbocycles. The van der Waals surface area contributed by atoms with Crippen LogP contribution in [0.25, 0.3) is 0 Å². The number of nitrogens with zero attached hydrogens (tertiary/aromatic N) is 1. The van der Waals surface area contributed by atoms with Crippen molar-refractivity contribution in [1.29, 1.82) is 0 Å². The number of alkyl halides is 2. The van der Waals surface area contributed by atoms with Gasteiger partial charge in [0.05, 0.1) is 4.90 Å². The summed E-state index contributed by atoms with van der Waals surface area (Å²) in [6, 6.07) is 6.03. The molecule has 0 spiro atoms. The zero-order valence-electron chi connectivity index (χ0n) is 17.5. The Morgan fingerprint density at radius 2 is 1.55 bits per heavy atom. The van der Waals surface area contributed by atoms with Gasteiger partial charge >= 0.3 is 0 Å². The predicted octanol–water partition coefficient (Wildman–Crippen LogP) is 3.19. The number of hydrogen-bond donors (Lipinski definition) is 2. The lowest BCUT2D eigenvalue weighted by Gasteiger charge is -2.46. The molecule has 1 fully saturated rings. The number of nitrogens with one attached hydrogen (secondary N) is 2. The van der Waals surface area contributed by atoms with E-state index in [0.717, 1.165) is 12.8 Å². The van der Waals surface area contributed by atoms with E-state index in [9.17, 15) is 13.2 Å². The highest BCUT2D eigenvalue weighted by atomic mass is 35.5. The molecule has 1 aliphatic heterocycles. The van der Waals surface area contributed by atoms with Gasteiger partial charge in [0.15, 0.2) is 0 Å². The third-order valence-electron chi connectivity index (χ3n) is 4.95. The maximum atomic E-state index is 12.8. The Morgan fingerprint density at radius 1 is 1.07 bits per heavy atom. The smallest absolute Gasteiger partial charge is 0.251 e. The van der Waals surface area contributed by atoms with Crippen LogP contribution in [0.5, 0.6) is 0 Å². The first-order valence-corrected chi connectivity index (χ1v) is 12.2. The Labute approximate surface area is 184 Å². The molecule has 1 aromatic carbocycles. The third-order valence-corrected chi connectivity index (χ3v) is 7.20. The zero-order chi connectivity index (χ0) is 21.9. The van der Waals surface area contributed by atoms with Crippen molar-refractivity contribution in [3.63, 3.8) is 0 Å². The van der Waals surface area contributed by atoms with Crippen molar-refractivity contribution < 1.29 is 13.2 Å². The fourth-order valence-corrected chi connectivity index (χ4v) is 6.21. The minimum absolute atomic E-state index is 0.0418. The average Bonchev–Trinajstić information content (AvgIpc) is 2.58. The van der Waals surface area contributed by atoms with Gasteiger partial charge in [-0.3, -0.25) is 4.79 Å². The lowest BCUT2D eigenvalue weighted by molar-refractivity contribution is 0.0873. The van der Waals surface area contributed by atoms with Gasteiger partial charge in [-0.2, -0.15) is 4.31 Å². The predicted molar refractivity (Wildman–Crippen MR) is 118 cm³/mol. The summed E-state index contributed by atoms with van der Waals surface area (Å²) in [7, 11) is -3.70. The summed E-state index contributed by atoms with van der Waals surface area (Å²) in [6.45, 7) is 8.86. The van der Waals surface area contributed by atoms with Crippen LogP contribution in [0.4, 0.5) is 0 Å². The highest BCUT2D eigenvalue weighted by molar-refractivity contribution is 7.89. The van der Waals surface area contributed by atoms with Gasteiger partial charge < -0.3 is 10.6 Å². The summed E-state index contributed by atoms with van der Waals surface area (Å²) in [5.41, 5.74) is 0.275. The molecule has 2 N–H and O–H groups in total. The van der Waals surface area contributed by atoms with Crippen molar-refractivity contribution in [3.8, 4) is 0 Å². The lowest BCUT2D eigenvalue weighted by atomic mass is 9.79. The number of carbonyl (C=O) groups excluding carboxylic acids is 1. The molecule has 0 unspecified atom stereocenters. The molecule has 9 heteroatoms. The Balaban J connectivity index is 2.12. The second-order valence-electron chi connectivity index (χ2n) is 8.78. The van der Waals surface area contributed by atoms with Crippen LogP contribution < -0.4 is 10.6 Å². The molecule has 29 heavy (non-hydrogen) atoms.